The van der Waals surface area contributed by atoms with Crippen LogP contribution in [0.4, 0.5) is 5.69 Å². The molecule has 3 rings (SSSR count). The van der Waals surface area contributed by atoms with Gasteiger partial charge in [0.1, 0.15) is 5.75 Å². The van der Waals surface area contributed by atoms with Gasteiger partial charge < -0.3 is 20.7 Å². The van der Waals surface area contributed by atoms with E-state index in [1.807, 2.05) is 24.4 Å². The maximum atomic E-state index is 12.4. The van der Waals surface area contributed by atoms with Crippen LogP contribution in [0, 0.1) is 0 Å². The molecule has 9 heteroatoms. The quantitative estimate of drug-likeness (QED) is 0.477. The second kappa shape index (κ2) is 10.8. The van der Waals surface area contributed by atoms with Gasteiger partial charge in [-0.05, 0) is 48.0 Å². The van der Waals surface area contributed by atoms with Crippen LogP contribution < -0.4 is 20.7 Å². The Morgan fingerprint density at radius 2 is 1.75 bits per heavy atom. The zero-order valence-corrected chi connectivity index (χ0v) is 17.9. The fourth-order valence-electron chi connectivity index (χ4n) is 3.09. The number of carbonyl (C=O) groups excluding carboxylic acids is 3. The molecule has 0 spiro atoms. The molecule has 3 amide bonds. The topological polar surface area (TPSA) is 114 Å². The number of hydrogen-bond acceptors (Lipinski definition) is 5. The van der Waals surface area contributed by atoms with Gasteiger partial charge in [0.2, 0.25) is 17.7 Å². The summed E-state index contributed by atoms with van der Waals surface area (Å²) in [4.78, 5) is 36.2. The van der Waals surface area contributed by atoms with E-state index in [1.165, 1.54) is 6.92 Å². The van der Waals surface area contributed by atoms with Crippen molar-refractivity contribution in [2.45, 2.75) is 19.4 Å². The molecular weight excluding hydrogens is 410 g/mol. The summed E-state index contributed by atoms with van der Waals surface area (Å²) in [6, 6.07) is 15.6. The van der Waals surface area contributed by atoms with Gasteiger partial charge in [-0.15, -0.1) is 0 Å². The highest BCUT2D eigenvalue weighted by Crippen LogP contribution is 2.20. The maximum absolute atomic E-state index is 12.4. The van der Waals surface area contributed by atoms with Gasteiger partial charge >= 0.3 is 0 Å². The Labute approximate surface area is 185 Å². The normalized spacial score (nSPS) is 11.3. The Hall–Kier alpha value is -4.14. The third-order valence-corrected chi connectivity index (χ3v) is 4.65. The van der Waals surface area contributed by atoms with Gasteiger partial charge in [-0.2, -0.15) is 5.10 Å². The molecular formula is C23H25N5O4. The van der Waals surface area contributed by atoms with Gasteiger partial charge in [-0.1, -0.05) is 12.1 Å². The zero-order chi connectivity index (χ0) is 22.9. The lowest BCUT2D eigenvalue weighted by molar-refractivity contribution is -0.125. The molecule has 0 saturated carbocycles. The van der Waals surface area contributed by atoms with Crippen molar-refractivity contribution < 1.29 is 19.1 Å². The van der Waals surface area contributed by atoms with E-state index >= 15 is 0 Å². The lowest BCUT2D eigenvalue weighted by Gasteiger charge is -2.18. The first-order chi connectivity index (χ1) is 15.4. The molecule has 2 aromatic carbocycles. The van der Waals surface area contributed by atoms with Crippen molar-refractivity contribution >= 4 is 23.4 Å². The monoisotopic (exact) mass is 435 g/mol. The minimum atomic E-state index is -0.517. The van der Waals surface area contributed by atoms with Crippen molar-refractivity contribution in [3.8, 4) is 11.4 Å². The number of rotatable bonds is 9. The summed E-state index contributed by atoms with van der Waals surface area (Å²) in [5, 5.41) is 12.2. The molecule has 0 bridgehead atoms. The predicted molar refractivity (Wildman–Crippen MR) is 119 cm³/mol. The van der Waals surface area contributed by atoms with Gasteiger partial charge in [-0.3, -0.25) is 14.4 Å². The molecule has 0 aliphatic rings. The van der Waals surface area contributed by atoms with Crippen LogP contribution in [0.15, 0.2) is 67.0 Å². The van der Waals surface area contributed by atoms with Crippen molar-refractivity contribution in [2.24, 2.45) is 0 Å². The molecule has 9 nitrogen and oxygen atoms in total. The van der Waals surface area contributed by atoms with E-state index in [-0.39, 0.29) is 30.7 Å². The van der Waals surface area contributed by atoms with E-state index in [4.69, 9.17) is 4.74 Å². The smallest absolute Gasteiger partial charge is 0.243 e. The molecule has 3 N–H and O–H groups in total. The lowest BCUT2D eigenvalue weighted by Crippen LogP contribution is -2.36. The summed E-state index contributed by atoms with van der Waals surface area (Å²) in [7, 11) is 1.56. The molecule has 1 heterocycles. The number of carbonyl (C=O) groups is 3. The first kappa shape index (κ1) is 22.5. The summed E-state index contributed by atoms with van der Waals surface area (Å²) >= 11 is 0. The minimum absolute atomic E-state index is 0.00223. The number of aromatic nitrogens is 2. The number of nitrogens with one attached hydrogen (secondary N) is 3. The number of methoxy groups -OCH3 is 1. The van der Waals surface area contributed by atoms with Crippen LogP contribution >= 0.6 is 0 Å². The number of benzene rings is 2. The Balaban J connectivity index is 1.51. The highest BCUT2D eigenvalue weighted by molar-refractivity contribution is 5.94. The van der Waals surface area contributed by atoms with E-state index in [2.05, 4.69) is 21.0 Å². The SMILES string of the molecule is COc1ccc(C(CC(=O)NCC(=O)Nc2ccc(-n3cccn3)cc2)NC(C)=O)cc1. The van der Waals surface area contributed by atoms with Gasteiger partial charge in [-0.25, -0.2) is 4.68 Å². The Kier molecular flexibility index (Phi) is 7.58. The van der Waals surface area contributed by atoms with Crippen LogP contribution in [0.5, 0.6) is 5.75 Å². The molecule has 1 unspecified atom stereocenters. The van der Waals surface area contributed by atoms with Gasteiger partial charge in [0.05, 0.1) is 31.8 Å². The van der Waals surface area contributed by atoms with E-state index in [0.717, 1.165) is 11.3 Å². The number of amides is 3. The summed E-state index contributed by atoms with van der Waals surface area (Å²) in [5.74, 6) is -0.293. The fourth-order valence-corrected chi connectivity index (χ4v) is 3.09. The van der Waals surface area contributed by atoms with E-state index in [1.54, 1.807) is 54.4 Å². The van der Waals surface area contributed by atoms with E-state index in [9.17, 15) is 14.4 Å². The molecule has 1 aromatic heterocycles. The second-order valence-corrected chi connectivity index (χ2v) is 7.05. The van der Waals surface area contributed by atoms with Gasteiger partial charge in [0.15, 0.2) is 0 Å². The first-order valence-electron chi connectivity index (χ1n) is 10.0. The van der Waals surface area contributed by atoms with Crippen LogP contribution in [-0.2, 0) is 14.4 Å². The molecule has 0 aliphatic carbocycles. The molecule has 0 aliphatic heterocycles. The van der Waals surface area contributed by atoms with Gasteiger partial charge in [0.25, 0.3) is 0 Å². The second-order valence-electron chi connectivity index (χ2n) is 7.05. The molecule has 0 saturated heterocycles. The Morgan fingerprint density at radius 1 is 1.03 bits per heavy atom. The van der Waals surface area contributed by atoms with Crippen LogP contribution in [0.3, 0.4) is 0 Å². The summed E-state index contributed by atoms with van der Waals surface area (Å²) < 4.78 is 6.84. The lowest BCUT2D eigenvalue weighted by atomic mass is 10.0. The van der Waals surface area contributed by atoms with Crippen molar-refractivity contribution in [3.63, 3.8) is 0 Å². The highest BCUT2D eigenvalue weighted by atomic mass is 16.5. The fraction of sp³-hybridized carbons (Fsp3) is 0.217. The molecule has 0 radical (unpaired) electrons. The van der Waals surface area contributed by atoms with E-state index in [0.29, 0.717) is 11.4 Å². The molecule has 1 atom stereocenters. The summed E-state index contributed by atoms with van der Waals surface area (Å²) in [5.41, 5.74) is 2.23. The first-order valence-corrected chi connectivity index (χ1v) is 10.0. The third kappa shape index (κ3) is 6.43. The van der Waals surface area contributed by atoms with Crippen LogP contribution in [-0.4, -0.2) is 41.2 Å². The Morgan fingerprint density at radius 3 is 2.34 bits per heavy atom. The van der Waals surface area contributed by atoms with E-state index < -0.39 is 6.04 Å². The van der Waals surface area contributed by atoms with Crippen molar-refractivity contribution in [3.05, 3.63) is 72.6 Å². The molecule has 3 aromatic rings. The number of ether oxygens (including phenoxy) is 1. The zero-order valence-electron chi connectivity index (χ0n) is 17.9. The van der Waals surface area contributed by atoms with Crippen LogP contribution in [0.2, 0.25) is 0 Å². The molecule has 0 fully saturated rings. The number of hydrogen-bond donors (Lipinski definition) is 3. The van der Waals surface area contributed by atoms with Crippen molar-refractivity contribution in [2.75, 3.05) is 19.0 Å². The van der Waals surface area contributed by atoms with Gasteiger partial charge in [0, 0.05) is 25.0 Å². The van der Waals surface area contributed by atoms with Crippen molar-refractivity contribution in [1.82, 2.24) is 20.4 Å². The largest absolute Gasteiger partial charge is 0.497 e. The average molecular weight is 435 g/mol. The standard InChI is InChI=1S/C23H25N5O4/c1-16(29)26-21(17-4-10-20(32-2)11-5-17)14-22(30)24-15-23(31)27-18-6-8-19(9-7-18)28-13-3-12-25-28/h3-13,21H,14-15H2,1-2H3,(H,24,30)(H,26,29)(H,27,31). The highest BCUT2D eigenvalue weighted by Gasteiger charge is 2.18. The van der Waals surface area contributed by atoms with Crippen LogP contribution in [0.1, 0.15) is 24.9 Å². The third-order valence-electron chi connectivity index (χ3n) is 4.65. The summed E-state index contributed by atoms with van der Waals surface area (Å²) in [6.07, 6.45) is 3.50. The Bertz CT molecular complexity index is 1050. The van der Waals surface area contributed by atoms with Crippen LogP contribution in [0.25, 0.3) is 5.69 Å². The molecule has 32 heavy (non-hydrogen) atoms. The molecule has 166 valence electrons. The maximum Gasteiger partial charge on any atom is 0.243 e. The predicted octanol–water partition coefficient (Wildman–Crippen LogP) is 2.20. The number of anilines is 1. The number of nitrogens with zero attached hydrogens (tertiary/aromatic N) is 2. The average Bonchev–Trinajstić information content (AvgIpc) is 3.32. The van der Waals surface area contributed by atoms with Crippen molar-refractivity contribution in [1.29, 1.82) is 0 Å². The minimum Gasteiger partial charge on any atom is -0.497 e. The summed E-state index contributed by atoms with van der Waals surface area (Å²) in [6.45, 7) is 1.20.